The maximum absolute atomic E-state index is 12.8. The first-order chi connectivity index (χ1) is 17.6. The highest BCUT2D eigenvalue weighted by Crippen LogP contribution is 2.27. The monoisotopic (exact) mass is 506 g/mol. The molecule has 3 rings (SSSR count). The molecule has 0 radical (unpaired) electrons. The number of rotatable bonds is 11. The number of aliphatic carboxylic acids is 2. The third kappa shape index (κ3) is 6.64. The molecule has 3 aromatic rings. The number of terminal acetylenes is 1. The van der Waals surface area contributed by atoms with Crippen LogP contribution in [0, 0.1) is 19.3 Å². The quantitative estimate of drug-likeness (QED) is 0.285. The van der Waals surface area contributed by atoms with E-state index in [4.69, 9.17) is 16.3 Å². The normalized spacial score (nSPS) is 11.4. The Morgan fingerprint density at radius 1 is 1.22 bits per heavy atom. The molecule has 4 N–H and O–H groups in total. The fraction of sp³-hybridized carbons (Fsp3) is 0.269. The molecular weight excluding hydrogens is 480 g/mol. The van der Waals surface area contributed by atoms with E-state index in [1.807, 2.05) is 11.0 Å². The topological polar surface area (TPSA) is 162 Å². The minimum atomic E-state index is -1.37. The number of carboxylic acid groups (broad SMARTS) is 2. The predicted octanol–water partition coefficient (Wildman–Crippen LogP) is 1.93. The number of hydrogen-bond acceptors (Lipinski definition) is 7. The van der Waals surface area contributed by atoms with E-state index >= 15 is 0 Å². The Kier molecular flexibility index (Phi) is 8.47. The van der Waals surface area contributed by atoms with Crippen molar-refractivity contribution in [2.45, 2.75) is 32.4 Å². The third-order valence-corrected chi connectivity index (χ3v) is 5.59. The number of nitrogens with zero attached hydrogens (tertiary/aromatic N) is 2. The van der Waals surface area contributed by atoms with Crippen molar-refractivity contribution in [3.63, 3.8) is 0 Å². The second-order valence-corrected chi connectivity index (χ2v) is 8.24. The Balaban J connectivity index is 1.86. The van der Waals surface area contributed by atoms with E-state index in [0.29, 0.717) is 29.0 Å². The van der Waals surface area contributed by atoms with Crippen LogP contribution in [0.3, 0.4) is 0 Å². The van der Waals surface area contributed by atoms with Gasteiger partial charge in [-0.25, -0.2) is 9.78 Å². The number of anilines is 1. The lowest BCUT2D eigenvalue weighted by molar-refractivity contribution is -0.140. The van der Waals surface area contributed by atoms with Crippen molar-refractivity contribution in [1.82, 2.24) is 15.3 Å². The molecule has 192 valence electrons. The lowest BCUT2D eigenvalue weighted by Crippen LogP contribution is -2.41. The van der Waals surface area contributed by atoms with Crippen LogP contribution in [-0.2, 0) is 16.1 Å². The van der Waals surface area contributed by atoms with Gasteiger partial charge in [0, 0.05) is 24.7 Å². The number of carbonyl (C=O) groups is 3. The Morgan fingerprint density at radius 2 is 1.97 bits per heavy atom. The number of amides is 1. The number of aromatic amines is 1. The van der Waals surface area contributed by atoms with Crippen molar-refractivity contribution < 1.29 is 29.3 Å². The van der Waals surface area contributed by atoms with E-state index < -0.39 is 30.3 Å². The average Bonchev–Trinajstić information content (AvgIpc) is 2.85. The number of benzene rings is 2. The van der Waals surface area contributed by atoms with Crippen LogP contribution >= 0.6 is 0 Å². The molecule has 1 atom stereocenters. The van der Waals surface area contributed by atoms with E-state index in [9.17, 15) is 24.3 Å². The number of H-pyrrole nitrogens is 1. The molecule has 0 saturated carbocycles. The minimum Gasteiger partial charge on any atom is -0.496 e. The zero-order chi connectivity index (χ0) is 27.1. The van der Waals surface area contributed by atoms with Crippen molar-refractivity contribution in [3.8, 4) is 18.1 Å². The molecular formula is C26H26N4O7. The van der Waals surface area contributed by atoms with E-state index in [0.717, 1.165) is 5.56 Å². The molecule has 11 heteroatoms. The summed E-state index contributed by atoms with van der Waals surface area (Å²) in [6, 6.07) is 8.68. The van der Waals surface area contributed by atoms with Crippen molar-refractivity contribution >= 4 is 34.4 Å². The van der Waals surface area contributed by atoms with Gasteiger partial charge in [-0.2, -0.15) is 0 Å². The molecule has 0 saturated heterocycles. The fourth-order valence-corrected chi connectivity index (χ4v) is 3.80. The molecule has 0 aliphatic heterocycles. The highest BCUT2D eigenvalue weighted by atomic mass is 16.5. The van der Waals surface area contributed by atoms with Gasteiger partial charge < -0.3 is 30.2 Å². The van der Waals surface area contributed by atoms with Crippen LogP contribution in [-0.4, -0.2) is 57.7 Å². The first kappa shape index (κ1) is 26.7. The van der Waals surface area contributed by atoms with Gasteiger partial charge in [0.15, 0.2) is 0 Å². The molecule has 1 aromatic heterocycles. The van der Waals surface area contributed by atoms with Crippen molar-refractivity contribution in [2.24, 2.45) is 0 Å². The zero-order valence-electron chi connectivity index (χ0n) is 20.3. The van der Waals surface area contributed by atoms with Crippen LogP contribution < -0.4 is 20.5 Å². The van der Waals surface area contributed by atoms with Gasteiger partial charge in [-0.1, -0.05) is 12.0 Å². The largest absolute Gasteiger partial charge is 0.496 e. The number of nitrogens with one attached hydrogen (secondary N) is 2. The lowest BCUT2D eigenvalue weighted by atomic mass is 10.1. The number of ether oxygens (including phenoxy) is 1. The van der Waals surface area contributed by atoms with Crippen LogP contribution in [0.1, 0.15) is 34.6 Å². The Labute approximate surface area is 212 Å². The highest BCUT2D eigenvalue weighted by molar-refractivity contribution is 5.99. The number of carbonyl (C=O) groups excluding carboxylic acids is 1. The number of aryl methyl sites for hydroxylation is 1. The summed E-state index contributed by atoms with van der Waals surface area (Å²) < 4.78 is 5.38. The molecule has 0 fully saturated rings. The molecule has 11 nitrogen and oxygen atoms in total. The first-order valence-electron chi connectivity index (χ1n) is 11.2. The molecule has 37 heavy (non-hydrogen) atoms. The zero-order valence-corrected chi connectivity index (χ0v) is 20.3. The van der Waals surface area contributed by atoms with Gasteiger partial charge in [0.05, 0.1) is 30.1 Å². The van der Waals surface area contributed by atoms with Crippen LogP contribution in [0.2, 0.25) is 0 Å². The van der Waals surface area contributed by atoms with Gasteiger partial charge in [0.2, 0.25) is 0 Å². The SMILES string of the molecule is C#CCN(Cc1ccc2nc(C)[nH]c(=O)c2c1)c1ccc(C(=O)N[C@@H](CCC(=O)O)C(=O)O)c(OC)c1. The van der Waals surface area contributed by atoms with Crippen molar-refractivity contribution in [3.05, 3.63) is 63.7 Å². The number of carboxylic acids is 2. The second kappa shape index (κ2) is 11.7. The highest BCUT2D eigenvalue weighted by Gasteiger charge is 2.24. The van der Waals surface area contributed by atoms with Gasteiger partial charge in [-0.05, 0) is 43.2 Å². The summed E-state index contributed by atoms with van der Waals surface area (Å²) >= 11 is 0. The van der Waals surface area contributed by atoms with E-state index in [-0.39, 0.29) is 29.8 Å². The van der Waals surface area contributed by atoms with E-state index in [1.165, 1.54) is 13.2 Å². The van der Waals surface area contributed by atoms with Crippen molar-refractivity contribution in [2.75, 3.05) is 18.6 Å². The summed E-state index contributed by atoms with van der Waals surface area (Å²) in [6.07, 6.45) is 4.90. The summed E-state index contributed by atoms with van der Waals surface area (Å²) in [5.41, 5.74) is 1.85. The van der Waals surface area contributed by atoms with E-state index in [2.05, 4.69) is 21.2 Å². The summed E-state index contributed by atoms with van der Waals surface area (Å²) in [6.45, 7) is 2.27. The number of hydrogen-bond donors (Lipinski definition) is 4. The summed E-state index contributed by atoms with van der Waals surface area (Å²) in [5.74, 6) is 0.0550. The molecule has 0 spiro atoms. The fourth-order valence-electron chi connectivity index (χ4n) is 3.80. The van der Waals surface area contributed by atoms with Crippen LogP contribution in [0.25, 0.3) is 10.9 Å². The average molecular weight is 507 g/mol. The van der Waals surface area contributed by atoms with E-state index in [1.54, 1.807) is 31.2 Å². The molecule has 0 bridgehead atoms. The van der Waals surface area contributed by atoms with Crippen molar-refractivity contribution in [1.29, 1.82) is 0 Å². The van der Waals surface area contributed by atoms with Crippen LogP contribution in [0.5, 0.6) is 5.75 Å². The maximum Gasteiger partial charge on any atom is 0.326 e. The molecule has 0 unspecified atom stereocenters. The van der Waals surface area contributed by atoms with Gasteiger partial charge in [-0.3, -0.25) is 14.4 Å². The Bertz CT molecular complexity index is 1440. The van der Waals surface area contributed by atoms with Gasteiger partial charge in [0.1, 0.15) is 17.6 Å². The van der Waals surface area contributed by atoms with Crippen LogP contribution in [0.4, 0.5) is 5.69 Å². The molecule has 0 aliphatic carbocycles. The Hall–Kier alpha value is -4.85. The summed E-state index contributed by atoms with van der Waals surface area (Å²) in [4.78, 5) is 56.2. The van der Waals surface area contributed by atoms with Gasteiger partial charge >= 0.3 is 11.9 Å². The smallest absolute Gasteiger partial charge is 0.326 e. The summed E-state index contributed by atoms with van der Waals surface area (Å²) in [5, 5.41) is 20.9. The molecule has 1 amide bonds. The van der Waals surface area contributed by atoms with Crippen LogP contribution in [0.15, 0.2) is 41.2 Å². The number of methoxy groups -OCH3 is 1. The molecule has 2 aromatic carbocycles. The molecule has 1 heterocycles. The second-order valence-electron chi connectivity index (χ2n) is 8.24. The minimum absolute atomic E-state index is 0.0761. The Morgan fingerprint density at radius 3 is 2.62 bits per heavy atom. The number of aromatic nitrogens is 2. The maximum atomic E-state index is 12.8. The molecule has 0 aliphatic rings. The number of fused-ring (bicyclic) bond motifs is 1. The first-order valence-corrected chi connectivity index (χ1v) is 11.2. The summed E-state index contributed by atoms with van der Waals surface area (Å²) in [7, 11) is 1.37. The lowest BCUT2D eigenvalue weighted by Gasteiger charge is -2.24. The predicted molar refractivity (Wildman–Crippen MR) is 136 cm³/mol. The standard InChI is InChI=1S/C26H26N4O7/c1-4-11-30(14-16-5-8-20-19(12-16)25(34)28-15(2)27-20)17-6-7-18(22(13-17)37-3)24(33)29-21(26(35)36)9-10-23(31)32/h1,5-8,12-13,21H,9-11,14H2,2-3H3,(H,29,33)(H,31,32)(H,35,36)(H,27,28,34)/t21-/m0/s1. The van der Waals surface area contributed by atoms with Gasteiger partial charge in [0.25, 0.3) is 11.5 Å². The third-order valence-electron chi connectivity index (χ3n) is 5.59. The van der Waals surface area contributed by atoms with Gasteiger partial charge in [-0.15, -0.1) is 6.42 Å².